The van der Waals surface area contributed by atoms with Crippen LogP contribution >= 0.6 is 21.3 Å². The summed E-state index contributed by atoms with van der Waals surface area (Å²) in [6.07, 6.45) is 17.7. The van der Waals surface area contributed by atoms with Gasteiger partial charge in [-0.3, -0.25) is 9.42 Å². The number of hydrogen-bond acceptors (Lipinski definition) is 1. The first-order valence-corrected chi connectivity index (χ1v) is 18.1. The molecule has 3 nitrogen and oxygen atoms in total. The molecule has 0 amide bonds. The van der Waals surface area contributed by atoms with Crippen molar-refractivity contribution < 1.29 is 0 Å². The lowest BCUT2D eigenvalue weighted by Crippen LogP contribution is -2.18. The zero-order valence-corrected chi connectivity index (χ0v) is 21.9. The lowest BCUT2D eigenvalue weighted by molar-refractivity contribution is 0.571. The molecule has 1 unspecified atom stereocenters. The molecular weight excluding hydrogens is 387 g/mol. The summed E-state index contributed by atoms with van der Waals surface area (Å²) in [5, 5.41) is 0. The molecule has 27 heavy (non-hydrogen) atoms. The van der Waals surface area contributed by atoms with Gasteiger partial charge < -0.3 is 0 Å². The van der Waals surface area contributed by atoms with Gasteiger partial charge in [0.2, 0.25) is 0 Å². The van der Waals surface area contributed by atoms with E-state index in [4.69, 9.17) is 9.26 Å². The quantitative estimate of drug-likeness (QED) is 0.396. The van der Waals surface area contributed by atoms with Crippen molar-refractivity contribution in [1.82, 2.24) is 4.67 Å². The van der Waals surface area contributed by atoms with Crippen LogP contribution < -0.4 is 0 Å². The molecule has 0 aromatic heterocycles. The monoisotopic (exact) mass is 433 g/mol. The van der Waals surface area contributed by atoms with Crippen LogP contribution in [0.5, 0.6) is 0 Å². The van der Waals surface area contributed by atoms with Crippen molar-refractivity contribution in [3.05, 3.63) is 0 Å². The summed E-state index contributed by atoms with van der Waals surface area (Å²) >= 11 is 0. The number of hydrogen-bond donors (Lipinski definition) is 0. The van der Waals surface area contributed by atoms with Crippen LogP contribution in [-0.2, 0) is 0 Å². The predicted molar refractivity (Wildman–Crippen MR) is 134 cm³/mol. The van der Waals surface area contributed by atoms with Gasteiger partial charge in [0, 0.05) is 6.16 Å². The summed E-state index contributed by atoms with van der Waals surface area (Å²) in [6, 6.07) is 0. The van der Waals surface area contributed by atoms with Gasteiger partial charge in [-0.2, -0.15) is 0 Å². The summed E-state index contributed by atoms with van der Waals surface area (Å²) in [6.45, 7) is 10.9. The first kappa shape index (κ1) is 24.0. The minimum absolute atomic E-state index is 0.0267. The second kappa shape index (κ2) is 9.69. The fourth-order valence-corrected chi connectivity index (χ4v) is 17.2. The third-order valence-electron chi connectivity index (χ3n) is 5.93. The Balaban J connectivity index is 0.000000206. The second-order valence-electron chi connectivity index (χ2n) is 10.5. The molecule has 3 heterocycles. The second-order valence-corrected chi connectivity index (χ2v) is 21.8. The highest BCUT2D eigenvalue weighted by molar-refractivity contribution is 7.76. The average molecular weight is 434 g/mol. The van der Waals surface area contributed by atoms with Crippen LogP contribution in [0.1, 0.15) is 65.7 Å². The third kappa shape index (κ3) is 7.48. The SMILES string of the molecule is C1=P2(CCCC1)CCCCC2.CN(C)P1(=NC(C)(C)C)CCCP(C)(C)=N1. The Morgan fingerprint density at radius 1 is 0.815 bits per heavy atom. The van der Waals surface area contributed by atoms with E-state index in [-0.39, 0.29) is 5.54 Å². The van der Waals surface area contributed by atoms with Crippen molar-refractivity contribution in [1.29, 1.82) is 0 Å². The summed E-state index contributed by atoms with van der Waals surface area (Å²) in [5.41, 5.74) is 0.0267. The maximum atomic E-state index is 5.21. The van der Waals surface area contributed by atoms with Gasteiger partial charge in [-0.15, -0.1) is 6.89 Å². The van der Waals surface area contributed by atoms with Crippen molar-refractivity contribution in [2.45, 2.75) is 71.3 Å². The van der Waals surface area contributed by atoms with Crippen LogP contribution in [0.2, 0.25) is 0 Å². The lowest BCUT2D eigenvalue weighted by Gasteiger charge is -2.37. The zero-order valence-electron chi connectivity index (χ0n) is 19.2. The maximum Gasteiger partial charge on any atom is 0.138 e. The van der Waals surface area contributed by atoms with E-state index < -0.39 is 21.3 Å². The summed E-state index contributed by atoms with van der Waals surface area (Å²) in [7, 11) is 1.67. The molecule has 3 aliphatic rings. The Bertz CT molecular complexity index is 640. The highest BCUT2D eigenvalue weighted by Crippen LogP contribution is 2.66. The largest absolute Gasteiger partial charge is 0.262 e. The molecule has 0 aromatic rings. The standard InChI is InChI=1S/C11H27N3P2.C10H19P/c1-11(2,3)12-16(14(4)5)10-8-9-15(6,7)13-16;1-3-7-11(8-4-1)9-5-2-6-10-11/h8-10H2,1-7H3;7H,1-6,8-10H2. The highest BCUT2D eigenvalue weighted by atomic mass is 31.2. The van der Waals surface area contributed by atoms with Gasteiger partial charge in [-0.25, -0.2) is 4.52 Å². The molecule has 3 rings (SSSR count). The predicted octanol–water partition coefficient (Wildman–Crippen LogP) is 7.42. The minimum atomic E-state index is -1.57. The van der Waals surface area contributed by atoms with E-state index in [0.717, 1.165) is 0 Å². The van der Waals surface area contributed by atoms with E-state index in [2.05, 4.69) is 58.7 Å². The van der Waals surface area contributed by atoms with Crippen molar-refractivity contribution in [3.8, 4) is 0 Å². The topological polar surface area (TPSA) is 28.0 Å². The molecule has 0 bridgehead atoms. The van der Waals surface area contributed by atoms with Crippen molar-refractivity contribution in [3.63, 3.8) is 0 Å². The van der Waals surface area contributed by atoms with Crippen LogP contribution in [0.15, 0.2) is 9.26 Å². The van der Waals surface area contributed by atoms with Crippen molar-refractivity contribution in [2.24, 2.45) is 9.26 Å². The van der Waals surface area contributed by atoms with Gasteiger partial charge >= 0.3 is 0 Å². The Morgan fingerprint density at radius 3 is 1.89 bits per heavy atom. The van der Waals surface area contributed by atoms with E-state index in [9.17, 15) is 0 Å². The normalized spacial score (nSPS) is 29.9. The molecule has 1 saturated heterocycles. The Hall–Kier alpha value is 0.720. The fraction of sp³-hybridized carbons (Fsp3) is 0.952. The Labute approximate surface area is 170 Å². The molecule has 0 N–H and O–H groups in total. The summed E-state index contributed by atoms with van der Waals surface area (Å²) in [5.74, 6) is 2.76. The third-order valence-corrected chi connectivity index (χ3v) is 18.2. The van der Waals surface area contributed by atoms with Crippen molar-refractivity contribution >= 4 is 27.1 Å². The van der Waals surface area contributed by atoms with E-state index in [0.29, 0.717) is 0 Å². The average Bonchev–Trinajstić information content (AvgIpc) is 2.54. The van der Waals surface area contributed by atoms with Crippen molar-refractivity contribution in [2.75, 3.05) is 58.2 Å². The van der Waals surface area contributed by atoms with Gasteiger partial charge in [0.15, 0.2) is 0 Å². The van der Waals surface area contributed by atoms with Crippen LogP contribution in [0.4, 0.5) is 0 Å². The van der Waals surface area contributed by atoms with Gasteiger partial charge in [0.25, 0.3) is 0 Å². The molecule has 3 aliphatic heterocycles. The van der Waals surface area contributed by atoms with E-state index in [1.165, 1.54) is 38.0 Å². The fourth-order valence-electron chi connectivity index (χ4n) is 4.64. The first-order chi connectivity index (χ1) is 12.5. The van der Waals surface area contributed by atoms with Crippen LogP contribution in [-0.4, -0.2) is 74.2 Å². The Morgan fingerprint density at radius 2 is 1.41 bits per heavy atom. The van der Waals surface area contributed by atoms with E-state index in [1.54, 1.807) is 37.7 Å². The van der Waals surface area contributed by atoms with Gasteiger partial charge in [-0.05, 0) is 118 Å². The zero-order chi connectivity index (χ0) is 20.2. The van der Waals surface area contributed by atoms with Gasteiger partial charge in [0.05, 0.1) is 5.54 Å². The van der Waals surface area contributed by atoms with Crippen LogP contribution in [0.3, 0.4) is 0 Å². The first-order valence-electron chi connectivity index (χ1n) is 11.1. The molecule has 1 spiro atoms. The molecule has 0 saturated carbocycles. The van der Waals surface area contributed by atoms with Crippen LogP contribution in [0.25, 0.3) is 0 Å². The molecule has 0 radical (unpaired) electrons. The Kier molecular flexibility index (Phi) is 8.61. The van der Waals surface area contributed by atoms with Crippen LogP contribution in [0, 0.1) is 0 Å². The molecule has 1 fully saturated rings. The lowest BCUT2D eigenvalue weighted by atomic mass is 10.1. The van der Waals surface area contributed by atoms with E-state index in [1.807, 2.05) is 0 Å². The molecule has 1 atom stereocenters. The molecule has 160 valence electrons. The number of nitrogens with zero attached hydrogens (tertiary/aromatic N) is 3. The summed E-state index contributed by atoms with van der Waals surface area (Å²) < 4.78 is 12.6. The van der Waals surface area contributed by atoms with Gasteiger partial charge in [0.1, 0.15) is 7.36 Å². The smallest absolute Gasteiger partial charge is 0.138 e. The maximum absolute atomic E-state index is 5.21. The number of rotatable bonds is 1. The molecular formula is C21H46N3P3. The van der Waals surface area contributed by atoms with E-state index >= 15 is 0 Å². The molecule has 0 aromatic carbocycles. The molecule has 0 aliphatic carbocycles. The summed E-state index contributed by atoms with van der Waals surface area (Å²) in [4.78, 5) is 0. The molecule has 6 heteroatoms. The minimum Gasteiger partial charge on any atom is -0.262 e. The highest BCUT2D eigenvalue weighted by Gasteiger charge is 2.30. The van der Waals surface area contributed by atoms with Gasteiger partial charge in [-0.1, -0.05) is 12.2 Å².